The molecule has 0 unspecified atom stereocenters. The highest BCUT2D eigenvalue weighted by molar-refractivity contribution is 4.82. The first kappa shape index (κ1) is 6.62. The lowest BCUT2D eigenvalue weighted by molar-refractivity contribution is 0.258. The summed E-state index contributed by atoms with van der Waals surface area (Å²) in [6, 6.07) is 0.877. The lowest BCUT2D eigenvalue weighted by Crippen LogP contribution is -2.34. The maximum absolute atomic E-state index is 3.41. The summed E-state index contributed by atoms with van der Waals surface area (Å²) in [7, 11) is 0. The quantitative estimate of drug-likeness (QED) is 0.579. The van der Waals surface area contributed by atoms with Gasteiger partial charge >= 0.3 is 0 Å². The Balaban J connectivity index is 0.000000605. The maximum atomic E-state index is 3.41. The van der Waals surface area contributed by atoms with Crippen molar-refractivity contribution in [2.75, 3.05) is 26.2 Å². The summed E-state index contributed by atoms with van der Waals surface area (Å²) in [6.45, 7) is 5.18. The topological polar surface area (TPSA) is 15.3 Å². The summed E-state index contributed by atoms with van der Waals surface area (Å²) in [5.41, 5.74) is 0. The fraction of sp³-hybridized carbons (Fsp3) is 1.00. The molecule has 2 aliphatic rings. The first-order valence-electron chi connectivity index (χ1n) is 4.41. The van der Waals surface area contributed by atoms with Crippen LogP contribution < -0.4 is 5.32 Å². The van der Waals surface area contributed by atoms with Crippen LogP contribution in [0.5, 0.6) is 0 Å². The number of hydrogen-bond donors (Lipinski definition) is 1. The van der Waals surface area contributed by atoms with Crippen molar-refractivity contribution in [3.05, 3.63) is 0 Å². The molecule has 2 aliphatic heterocycles. The van der Waals surface area contributed by atoms with E-state index >= 15 is 0 Å². The highest BCUT2D eigenvalue weighted by atomic mass is 15.2. The third-order valence-electron chi connectivity index (χ3n) is 2.69. The van der Waals surface area contributed by atoms with Crippen molar-refractivity contribution in [1.82, 2.24) is 10.2 Å². The molecule has 1 atom stereocenters. The van der Waals surface area contributed by atoms with Gasteiger partial charge in [-0.2, -0.15) is 0 Å². The Morgan fingerprint density at radius 1 is 1.30 bits per heavy atom. The molecule has 0 aromatic carbocycles. The van der Waals surface area contributed by atoms with Crippen molar-refractivity contribution < 1.29 is 1.43 Å². The summed E-state index contributed by atoms with van der Waals surface area (Å²) in [5.74, 6) is 0. The van der Waals surface area contributed by atoms with Gasteiger partial charge in [-0.1, -0.05) is 0 Å². The molecular weight excluding hydrogens is 124 g/mol. The minimum atomic E-state index is 0. The van der Waals surface area contributed by atoms with E-state index in [0.29, 0.717) is 0 Å². The largest absolute Gasteiger partial charge is 0.315 e. The van der Waals surface area contributed by atoms with Crippen LogP contribution in [-0.4, -0.2) is 37.1 Å². The van der Waals surface area contributed by atoms with Crippen molar-refractivity contribution in [2.24, 2.45) is 0 Å². The number of rotatable bonds is 1. The SMILES string of the molecule is C1CCN([C@H]2CCNC2)C1.[HH]. The second-order valence-electron chi connectivity index (χ2n) is 3.39. The van der Waals surface area contributed by atoms with Gasteiger partial charge in [0.25, 0.3) is 0 Å². The van der Waals surface area contributed by atoms with Gasteiger partial charge in [0.1, 0.15) is 0 Å². The van der Waals surface area contributed by atoms with E-state index in [-0.39, 0.29) is 1.43 Å². The monoisotopic (exact) mass is 142 g/mol. The predicted molar refractivity (Wildman–Crippen MR) is 44.2 cm³/mol. The lowest BCUT2D eigenvalue weighted by atomic mass is 10.2. The summed E-state index contributed by atoms with van der Waals surface area (Å²) < 4.78 is 0. The Labute approximate surface area is 64.1 Å². The van der Waals surface area contributed by atoms with Gasteiger partial charge in [-0.05, 0) is 38.9 Å². The minimum Gasteiger partial charge on any atom is -0.315 e. The molecule has 2 heteroatoms. The minimum absolute atomic E-state index is 0. The molecule has 0 aromatic heterocycles. The van der Waals surface area contributed by atoms with E-state index in [0.717, 1.165) is 6.04 Å². The van der Waals surface area contributed by atoms with Crippen molar-refractivity contribution >= 4 is 0 Å². The van der Waals surface area contributed by atoms with Crippen LogP contribution in [0.1, 0.15) is 20.7 Å². The molecule has 2 heterocycles. The highest BCUT2D eigenvalue weighted by Crippen LogP contribution is 2.15. The van der Waals surface area contributed by atoms with Crippen LogP contribution in [0.4, 0.5) is 0 Å². The average Bonchev–Trinajstić information content (AvgIpc) is 2.59. The van der Waals surface area contributed by atoms with Gasteiger partial charge in [0, 0.05) is 14.0 Å². The van der Waals surface area contributed by atoms with Crippen molar-refractivity contribution in [2.45, 2.75) is 25.3 Å². The van der Waals surface area contributed by atoms with E-state index in [1.54, 1.807) is 0 Å². The van der Waals surface area contributed by atoms with Gasteiger partial charge in [0.05, 0.1) is 0 Å². The molecule has 0 aliphatic carbocycles. The van der Waals surface area contributed by atoms with E-state index < -0.39 is 0 Å². The smallest absolute Gasteiger partial charge is 0.0232 e. The van der Waals surface area contributed by atoms with Gasteiger partial charge < -0.3 is 5.32 Å². The van der Waals surface area contributed by atoms with Gasteiger partial charge in [0.2, 0.25) is 0 Å². The molecule has 0 radical (unpaired) electrons. The van der Waals surface area contributed by atoms with Crippen LogP contribution in [0.3, 0.4) is 0 Å². The molecule has 2 nitrogen and oxygen atoms in total. The van der Waals surface area contributed by atoms with Crippen molar-refractivity contribution in [1.29, 1.82) is 0 Å². The molecule has 0 spiro atoms. The van der Waals surface area contributed by atoms with Crippen LogP contribution in [0.25, 0.3) is 0 Å². The highest BCUT2D eigenvalue weighted by Gasteiger charge is 2.23. The van der Waals surface area contributed by atoms with Crippen LogP contribution in [0.2, 0.25) is 0 Å². The maximum Gasteiger partial charge on any atom is 0.0232 e. The fourth-order valence-corrected chi connectivity index (χ4v) is 2.06. The normalized spacial score (nSPS) is 35.4. The first-order valence-corrected chi connectivity index (χ1v) is 4.41. The zero-order valence-corrected chi connectivity index (χ0v) is 6.47. The van der Waals surface area contributed by atoms with Crippen LogP contribution in [-0.2, 0) is 0 Å². The van der Waals surface area contributed by atoms with Gasteiger partial charge in [0.15, 0.2) is 0 Å². The molecule has 0 saturated carbocycles. The van der Waals surface area contributed by atoms with Crippen LogP contribution in [0.15, 0.2) is 0 Å². The molecule has 0 bridgehead atoms. The zero-order valence-electron chi connectivity index (χ0n) is 6.47. The Morgan fingerprint density at radius 2 is 2.10 bits per heavy atom. The molecule has 1 N–H and O–H groups in total. The van der Waals surface area contributed by atoms with Gasteiger partial charge in [-0.25, -0.2) is 0 Å². The second kappa shape index (κ2) is 2.89. The predicted octanol–water partition coefficient (Wildman–Crippen LogP) is 0.690. The van der Waals surface area contributed by atoms with Gasteiger partial charge in [-0.3, -0.25) is 4.90 Å². The number of nitrogens with one attached hydrogen (secondary N) is 1. The van der Waals surface area contributed by atoms with E-state index in [1.165, 1.54) is 45.4 Å². The molecule has 0 amide bonds. The number of hydrogen-bond acceptors (Lipinski definition) is 2. The zero-order chi connectivity index (χ0) is 6.81. The first-order chi connectivity index (χ1) is 4.97. The molecule has 0 aromatic rings. The van der Waals surface area contributed by atoms with E-state index in [1.807, 2.05) is 0 Å². The van der Waals surface area contributed by atoms with E-state index in [9.17, 15) is 0 Å². The lowest BCUT2D eigenvalue weighted by Gasteiger charge is -2.21. The molecule has 2 saturated heterocycles. The van der Waals surface area contributed by atoms with Crippen LogP contribution in [0, 0.1) is 0 Å². The molecular formula is C8H18N2. The summed E-state index contributed by atoms with van der Waals surface area (Å²) in [4.78, 5) is 2.64. The van der Waals surface area contributed by atoms with Crippen molar-refractivity contribution in [3.63, 3.8) is 0 Å². The molecule has 2 rings (SSSR count). The van der Waals surface area contributed by atoms with Crippen LogP contribution >= 0.6 is 0 Å². The standard InChI is InChI=1S/C8H16N2.H2/c1-2-6-10(5-1)8-3-4-9-7-8;/h8-9H,1-7H2;1H/t8-;/m0./s1. The van der Waals surface area contributed by atoms with E-state index in [2.05, 4.69) is 10.2 Å². The Morgan fingerprint density at radius 3 is 2.70 bits per heavy atom. The molecule has 10 heavy (non-hydrogen) atoms. The molecule has 2 fully saturated rings. The van der Waals surface area contributed by atoms with Gasteiger partial charge in [-0.15, -0.1) is 0 Å². The summed E-state index contributed by atoms with van der Waals surface area (Å²) in [6.07, 6.45) is 4.23. The third-order valence-corrected chi connectivity index (χ3v) is 2.69. The summed E-state index contributed by atoms with van der Waals surface area (Å²) >= 11 is 0. The number of likely N-dealkylation sites (tertiary alicyclic amines) is 1. The Kier molecular flexibility index (Phi) is 1.91. The van der Waals surface area contributed by atoms with Crippen molar-refractivity contribution in [3.8, 4) is 0 Å². The third kappa shape index (κ3) is 1.18. The Bertz CT molecular complexity index is 92.7. The summed E-state index contributed by atoms with van der Waals surface area (Å²) in [5, 5.41) is 3.41. The fourth-order valence-electron chi connectivity index (χ4n) is 2.06. The second-order valence-corrected chi connectivity index (χ2v) is 3.39. The molecule has 60 valence electrons. The Hall–Kier alpha value is -0.0800. The number of nitrogens with zero attached hydrogens (tertiary/aromatic N) is 1. The van der Waals surface area contributed by atoms with E-state index in [4.69, 9.17) is 0 Å². The average molecular weight is 142 g/mol.